The zero-order chi connectivity index (χ0) is 23.6. The number of fused-ring (bicyclic) bond motifs is 1. The van der Waals surface area contributed by atoms with Gasteiger partial charge in [-0.2, -0.15) is 13.2 Å². The van der Waals surface area contributed by atoms with Crippen molar-refractivity contribution in [3.63, 3.8) is 0 Å². The van der Waals surface area contributed by atoms with Crippen LogP contribution < -0.4 is 5.56 Å². The number of rotatable bonds is 6. The van der Waals surface area contributed by atoms with E-state index < -0.39 is 11.7 Å². The lowest BCUT2D eigenvalue weighted by Crippen LogP contribution is -2.25. The normalized spacial score (nSPS) is 15.5. The minimum Gasteiger partial charge on any atom is -0.396 e. The average Bonchev–Trinajstić information content (AvgIpc) is 2.83. The molecule has 1 N–H and O–H groups in total. The van der Waals surface area contributed by atoms with Crippen molar-refractivity contribution >= 4 is 28.2 Å². The maximum atomic E-state index is 13.4. The van der Waals surface area contributed by atoms with Crippen LogP contribution in [0.15, 0.2) is 41.6 Å². The van der Waals surface area contributed by atoms with E-state index in [1.54, 1.807) is 6.07 Å². The van der Waals surface area contributed by atoms with Crippen molar-refractivity contribution in [2.24, 2.45) is 0 Å². The second-order valence-corrected chi connectivity index (χ2v) is 8.83. The van der Waals surface area contributed by atoms with Crippen LogP contribution in [-0.2, 0) is 6.18 Å². The number of aliphatic hydroxyl groups excluding tert-OH is 1. The highest BCUT2D eigenvalue weighted by atomic mass is 32.2. The second-order valence-electron chi connectivity index (χ2n) is 7.82. The van der Waals surface area contributed by atoms with Crippen LogP contribution in [0.25, 0.3) is 27.9 Å². The molecule has 33 heavy (non-hydrogen) atoms. The van der Waals surface area contributed by atoms with E-state index in [0.717, 1.165) is 43.5 Å². The lowest BCUT2D eigenvalue weighted by molar-refractivity contribution is -0.137. The summed E-state index contributed by atoms with van der Waals surface area (Å²) in [5.41, 5.74) is 1.42. The van der Waals surface area contributed by atoms with Crippen LogP contribution in [0.1, 0.15) is 48.7 Å². The molecule has 1 atom stereocenters. The van der Waals surface area contributed by atoms with Gasteiger partial charge in [-0.1, -0.05) is 6.08 Å². The van der Waals surface area contributed by atoms with Gasteiger partial charge < -0.3 is 5.11 Å². The predicted molar refractivity (Wildman–Crippen MR) is 123 cm³/mol. The van der Waals surface area contributed by atoms with E-state index in [9.17, 15) is 23.1 Å². The smallest absolute Gasteiger partial charge is 0.396 e. The molecule has 6 nitrogen and oxygen atoms in total. The largest absolute Gasteiger partial charge is 0.417 e. The molecule has 1 aliphatic carbocycles. The summed E-state index contributed by atoms with van der Waals surface area (Å²) in [6.07, 6.45) is 5.80. The SMILES string of the molecule is CSC(CCO)n1cnc2c(C3=CCCCC3)nc(-c3ccc(C(F)(F)F)cn3)cc2c1=O. The number of allylic oxidation sites excluding steroid dienone is 2. The molecule has 0 spiro atoms. The van der Waals surface area contributed by atoms with Crippen LogP contribution in [0, 0.1) is 0 Å². The van der Waals surface area contributed by atoms with Gasteiger partial charge in [0.15, 0.2) is 0 Å². The average molecular weight is 477 g/mol. The number of hydrogen-bond acceptors (Lipinski definition) is 6. The van der Waals surface area contributed by atoms with E-state index in [0.29, 0.717) is 28.7 Å². The molecule has 0 saturated heterocycles. The van der Waals surface area contributed by atoms with Gasteiger partial charge in [0.1, 0.15) is 5.52 Å². The summed E-state index contributed by atoms with van der Waals surface area (Å²) in [6.45, 7) is -0.0782. The highest BCUT2D eigenvalue weighted by molar-refractivity contribution is 7.98. The molecule has 0 aliphatic heterocycles. The van der Waals surface area contributed by atoms with Gasteiger partial charge >= 0.3 is 6.18 Å². The number of nitrogens with zero attached hydrogens (tertiary/aromatic N) is 4. The van der Waals surface area contributed by atoms with E-state index >= 15 is 0 Å². The molecule has 1 aliphatic rings. The summed E-state index contributed by atoms with van der Waals surface area (Å²) < 4.78 is 40.4. The van der Waals surface area contributed by atoms with Gasteiger partial charge in [-0.25, -0.2) is 9.97 Å². The number of aromatic nitrogens is 4. The number of halogens is 3. The van der Waals surface area contributed by atoms with Gasteiger partial charge in [0.25, 0.3) is 5.56 Å². The highest BCUT2D eigenvalue weighted by Gasteiger charge is 2.31. The van der Waals surface area contributed by atoms with Crippen molar-refractivity contribution in [3.05, 3.63) is 58.4 Å². The van der Waals surface area contributed by atoms with Crippen molar-refractivity contribution in [3.8, 4) is 11.4 Å². The van der Waals surface area contributed by atoms with E-state index in [2.05, 4.69) is 16.0 Å². The number of hydrogen-bond donors (Lipinski definition) is 1. The minimum atomic E-state index is -4.49. The maximum absolute atomic E-state index is 13.4. The third-order valence-electron chi connectivity index (χ3n) is 5.68. The molecule has 10 heteroatoms. The Kier molecular flexibility index (Phi) is 6.85. The molecule has 0 saturated carbocycles. The number of pyridine rings is 2. The summed E-state index contributed by atoms with van der Waals surface area (Å²) in [5, 5.41) is 9.39. The van der Waals surface area contributed by atoms with Gasteiger partial charge in [0, 0.05) is 19.2 Å². The maximum Gasteiger partial charge on any atom is 0.417 e. The van der Waals surface area contributed by atoms with Crippen LogP contribution in [0.4, 0.5) is 13.2 Å². The van der Waals surface area contributed by atoms with Crippen molar-refractivity contribution in [1.82, 2.24) is 19.5 Å². The summed E-state index contributed by atoms with van der Waals surface area (Å²) in [5.74, 6) is 0. The first-order valence-corrected chi connectivity index (χ1v) is 11.9. The Morgan fingerprint density at radius 1 is 1.21 bits per heavy atom. The number of aliphatic hydroxyl groups is 1. The fraction of sp³-hybridized carbons (Fsp3) is 0.391. The molecule has 3 aromatic rings. The standard InChI is InChI=1S/C23H23F3N4O2S/c1-33-19(9-10-31)30-13-28-21-16(22(30)32)11-18(29-20(21)14-5-3-2-4-6-14)17-8-7-15(12-27-17)23(24,25)26/h5,7-8,11-13,19,31H,2-4,6,9-10H2,1H3. The van der Waals surface area contributed by atoms with E-state index in [1.165, 1.54) is 28.7 Å². The van der Waals surface area contributed by atoms with Crippen molar-refractivity contribution in [2.45, 2.75) is 43.7 Å². The Bertz CT molecular complexity index is 1240. The van der Waals surface area contributed by atoms with Gasteiger partial charge in [0.2, 0.25) is 0 Å². The Morgan fingerprint density at radius 3 is 2.64 bits per heavy atom. The first kappa shape index (κ1) is 23.4. The molecule has 0 aromatic carbocycles. The first-order valence-electron chi connectivity index (χ1n) is 10.6. The summed E-state index contributed by atoms with van der Waals surface area (Å²) in [4.78, 5) is 26.6. The van der Waals surface area contributed by atoms with E-state index in [1.807, 2.05) is 6.26 Å². The van der Waals surface area contributed by atoms with Gasteiger partial charge in [-0.3, -0.25) is 14.3 Å². The van der Waals surface area contributed by atoms with E-state index in [4.69, 9.17) is 4.98 Å². The van der Waals surface area contributed by atoms with Gasteiger partial charge in [0.05, 0.1) is 39.7 Å². The van der Waals surface area contributed by atoms with Crippen molar-refractivity contribution < 1.29 is 18.3 Å². The zero-order valence-corrected chi connectivity index (χ0v) is 18.8. The van der Waals surface area contributed by atoms with Gasteiger partial charge in [-0.05, 0) is 55.7 Å². The Labute approximate surface area is 192 Å². The lowest BCUT2D eigenvalue weighted by atomic mass is 9.95. The van der Waals surface area contributed by atoms with Crippen LogP contribution in [0.3, 0.4) is 0 Å². The van der Waals surface area contributed by atoms with Crippen LogP contribution >= 0.6 is 11.8 Å². The van der Waals surface area contributed by atoms with Crippen molar-refractivity contribution in [1.29, 1.82) is 0 Å². The summed E-state index contributed by atoms with van der Waals surface area (Å²) >= 11 is 1.42. The minimum absolute atomic E-state index is 0.0782. The molecule has 3 aromatic heterocycles. The van der Waals surface area contributed by atoms with Crippen LogP contribution in [0.2, 0.25) is 0 Å². The fourth-order valence-corrected chi connectivity index (χ4v) is 4.67. The Balaban J connectivity index is 1.92. The van der Waals surface area contributed by atoms with Crippen LogP contribution in [-0.4, -0.2) is 37.5 Å². The Hall–Kier alpha value is -2.72. The monoisotopic (exact) mass is 476 g/mol. The number of thioether (sulfide) groups is 1. The third kappa shape index (κ3) is 4.81. The molecule has 4 rings (SSSR count). The molecule has 3 heterocycles. The molecule has 174 valence electrons. The Morgan fingerprint density at radius 2 is 2.03 bits per heavy atom. The molecular formula is C23H23F3N4O2S. The van der Waals surface area contributed by atoms with Crippen molar-refractivity contribution in [2.75, 3.05) is 12.9 Å². The van der Waals surface area contributed by atoms with Crippen LogP contribution in [0.5, 0.6) is 0 Å². The second kappa shape index (κ2) is 9.64. The van der Waals surface area contributed by atoms with Gasteiger partial charge in [-0.15, -0.1) is 11.8 Å². The molecule has 0 amide bonds. The predicted octanol–water partition coefficient (Wildman–Crippen LogP) is 5.07. The fourth-order valence-electron chi connectivity index (χ4n) is 3.95. The molecule has 0 fully saturated rings. The highest BCUT2D eigenvalue weighted by Crippen LogP contribution is 2.33. The molecule has 0 bridgehead atoms. The molecular weight excluding hydrogens is 453 g/mol. The third-order valence-corrected chi connectivity index (χ3v) is 6.68. The van der Waals surface area contributed by atoms with E-state index in [-0.39, 0.29) is 23.2 Å². The molecule has 1 unspecified atom stereocenters. The lowest BCUT2D eigenvalue weighted by Gasteiger charge is -2.19. The summed E-state index contributed by atoms with van der Waals surface area (Å²) in [6, 6.07) is 3.77. The number of alkyl halides is 3. The quantitative estimate of drug-likeness (QED) is 0.535. The topological polar surface area (TPSA) is 80.9 Å². The summed E-state index contributed by atoms with van der Waals surface area (Å²) in [7, 11) is 0. The molecule has 0 radical (unpaired) electrons. The zero-order valence-electron chi connectivity index (χ0n) is 18.0. The first-order chi connectivity index (χ1) is 15.8.